The second kappa shape index (κ2) is 5.53. The molecule has 19 heavy (non-hydrogen) atoms. The first-order valence-corrected chi connectivity index (χ1v) is 6.65. The van der Waals surface area contributed by atoms with Gasteiger partial charge >= 0.3 is 6.18 Å². The Morgan fingerprint density at radius 3 is 2.53 bits per heavy atom. The number of nitrogens with one attached hydrogen (secondary N) is 2. The molecule has 1 aliphatic heterocycles. The third kappa shape index (κ3) is 3.49. The van der Waals surface area contributed by atoms with Gasteiger partial charge in [-0.15, -0.1) is 0 Å². The van der Waals surface area contributed by atoms with Crippen LogP contribution in [0.2, 0.25) is 0 Å². The molecule has 2 N–H and O–H groups in total. The molecule has 108 valence electrons. The summed E-state index contributed by atoms with van der Waals surface area (Å²) in [7, 11) is 0. The zero-order valence-corrected chi connectivity index (χ0v) is 10.9. The molecule has 0 bridgehead atoms. The molecule has 1 aliphatic carbocycles. The van der Waals surface area contributed by atoms with Crippen LogP contribution in [-0.4, -0.2) is 31.2 Å². The van der Waals surface area contributed by atoms with Gasteiger partial charge < -0.3 is 10.6 Å². The van der Waals surface area contributed by atoms with Gasteiger partial charge in [0.25, 0.3) is 0 Å². The number of carbonyl (C=O) groups is 1. The normalized spacial score (nSPS) is 27.7. The Bertz CT molecular complexity index is 384. The fourth-order valence-electron chi connectivity index (χ4n) is 2.59. The largest absolute Gasteiger partial charge is 0.391 e. The van der Waals surface area contributed by atoms with Crippen molar-refractivity contribution in [2.24, 2.45) is 5.92 Å². The number of hydrogen-bond acceptors (Lipinski definition) is 2. The predicted molar refractivity (Wildman–Crippen MR) is 65.5 cm³/mol. The quantitative estimate of drug-likeness (QED) is 0.759. The van der Waals surface area contributed by atoms with E-state index in [4.69, 9.17) is 0 Å². The second-order valence-electron chi connectivity index (χ2n) is 5.41. The highest BCUT2D eigenvalue weighted by molar-refractivity contribution is 5.94. The van der Waals surface area contributed by atoms with E-state index >= 15 is 0 Å². The maximum Gasteiger partial charge on any atom is 0.391 e. The Balaban J connectivity index is 1.90. The third-order valence-corrected chi connectivity index (χ3v) is 4.02. The van der Waals surface area contributed by atoms with E-state index in [0.717, 1.165) is 5.57 Å². The number of halogens is 3. The first kappa shape index (κ1) is 14.4. The molecule has 2 fully saturated rings. The lowest BCUT2D eigenvalue weighted by atomic mass is 9.85. The van der Waals surface area contributed by atoms with E-state index in [1.807, 2.05) is 0 Å². The molecule has 6 heteroatoms. The molecule has 3 nitrogen and oxygen atoms in total. The first-order chi connectivity index (χ1) is 8.88. The maximum atomic E-state index is 12.7. The van der Waals surface area contributed by atoms with Crippen LogP contribution in [0.1, 0.15) is 32.6 Å². The standard InChI is InChI=1S/C13H19F3N2O/c1-8(9-6-17-7-9)12(19)18-11-4-2-3-10(5-11)13(14,15)16/h10-11,17H,2-7H2,1H3,(H,18,19). The Morgan fingerprint density at radius 1 is 1.32 bits per heavy atom. The van der Waals surface area contributed by atoms with Crippen LogP contribution in [0.3, 0.4) is 0 Å². The van der Waals surface area contributed by atoms with Crippen molar-refractivity contribution in [3.05, 3.63) is 11.1 Å². The second-order valence-corrected chi connectivity index (χ2v) is 5.41. The van der Waals surface area contributed by atoms with Gasteiger partial charge in [-0.25, -0.2) is 0 Å². The Labute approximate surface area is 110 Å². The highest BCUT2D eigenvalue weighted by atomic mass is 19.4. The Hall–Kier alpha value is -1.04. The number of rotatable bonds is 2. The lowest BCUT2D eigenvalue weighted by Gasteiger charge is -2.31. The summed E-state index contributed by atoms with van der Waals surface area (Å²) >= 11 is 0. The summed E-state index contributed by atoms with van der Waals surface area (Å²) in [4.78, 5) is 11.9. The zero-order valence-electron chi connectivity index (χ0n) is 10.9. The van der Waals surface area contributed by atoms with Gasteiger partial charge in [-0.05, 0) is 31.8 Å². The number of alkyl halides is 3. The molecule has 2 aliphatic rings. The fourth-order valence-corrected chi connectivity index (χ4v) is 2.59. The lowest BCUT2D eigenvalue weighted by Crippen LogP contribution is -2.43. The fraction of sp³-hybridized carbons (Fsp3) is 0.769. The Kier molecular flexibility index (Phi) is 4.18. The van der Waals surface area contributed by atoms with Crippen molar-refractivity contribution in [1.29, 1.82) is 0 Å². The lowest BCUT2D eigenvalue weighted by molar-refractivity contribution is -0.184. The van der Waals surface area contributed by atoms with Crippen LogP contribution in [0.4, 0.5) is 13.2 Å². The molecule has 1 saturated carbocycles. The van der Waals surface area contributed by atoms with Crippen molar-refractivity contribution in [2.75, 3.05) is 13.1 Å². The minimum absolute atomic E-state index is 0.0100. The molecule has 2 rings (SSSR count). The van der Waals surface area contributed by atoms with Crippen molar-refractivity contribution >= 4 is 5.91 Å². The molecular formula is C13H19F3N2O. The van der Waals surface area contributed by atoms with E-state index < -0.39 is 12.1 Å². The molecule has 1 heterocycles. The van der Waals surface area contributed by atoms with Crippen LogP contribution in [0.25, 0.3) is 0 Å². The van der Waals surface area contributed by atoms with E-state index in [1.54, 1.807) is 6.92 Å². The van der Waals surface area contributed by atoms with Crippen molar-refractivity contribution in [3.63, 3.8) is 0 Å². The minimum atomic E-state index is -4.14. The average Bonchev–Trinajstić information content (AvgIpc) is 2.25. The van der Waals surface area contributed by atoms with Gasteiger partial charge in [0.2, 0.25) is 5.91 Å². The van der Waals surface area contributed by atoms with Crippen LogP contribution in [0, 0.1) is 5.92 Å². The van der Waals surface area contributed by atoms with E-state index in [2.05, 4.69) is 10.6 Å². The minimum Gasteiger partial charge on any atom is -0.350 e. The third-order valence-electron chi connectivity index (χ3n) is 4.02. The van der Waals surface area contributed by atoms with Gasteiger partial charge in [0.15, 0.2) is 0 Å². The molecule has 2 unspecified atom stereocenters. The van der Waals surface area contributed by atoms with Crippen LogP contribution < -0.4 is 10.6 Å². The smallest absolute Gasteiger partial charge is 0.350 e. The molecule has 0 radical (unpaired) electrons. The highest BCUT2D eigenvalue weighted by Gasteiger charge is 2.42. The van der Waals surface area contributed by atoms with Crippen molar-refractivity contribution < 1.29 is 18.0 Å². The summed E-state index contributed by atoms with van der Waals surface area (Å²) in [5, 5.41) is 5.79. The monoisotopic (exact) mass is 276 g/mol. The van der Waals surface area contributed by atoms with E-state index in [9.17, 15) is 18.0 Å². The topological polar surface area (TPSA) is 41.1 Å². The first-order valence-electron chi connectivity index (χ1n) is 6.65. The van der Waals surface area contributed by atoms with Crippen molar-refractivity contribution in [3.8, 4) is 0 Å². The molecular weight excluding hydrogens is 257 g/mol. The molecule has 0 spiro atoms. The van der Waals surface area contributed by atoms with Crippen molar-refractivity contribution in [1.82, 2.24) is 10.6 Å². The summed E-state index contributed by atoms with van der Waals surface area (Å²) in [5.41, 5.74) is 1.69. The Morgan fingerprint density at radius 2 is 2.00 bits per heavy atom. The molecule has 1 amide bonds. The van der Waals surface area contributed by atoms with Gasteiger partial charge in [0, 0.05) is 24.7 Å². The van der Waals surface area contributed by atoms with Crippen LogP contribution in [0.15, 0.2) is 11.1 Å². The number of carbonyl (C=O) groups excluding carboxylic acids is 1. The zero-order chi connectivity index (χ0) is 14.0. The van der Waals surface area contributed by atoms with Gasteiger partial charge in [0.05, 0.1) is 5.92 Å². The SMILES string of the molecule is CC(C(=O)NC1CCCC(C(F)(F)F)C1)=C1CNC1. The highest BCUT2D eigenvalue weighted by Crippen LogP contribution is 2.37. The predicted octanol–water partition coefficient (Wildman–Crippen LogP) is 2.14. The van der Waals surface area contributed by atoms with Gasteiger partial charge in [-0.2, -0.15) is 13.2 Å². The van der Waals surface area contributed by atoms with Crippen molar-refractivity contribution in [2.45, 2.75) is 44.8 Å². The molecule has 0 aromatic carbocycles. The van der Waals surface area contributed by atoms with Crippen LogP contribution in [0.5, 0.6) is 0 Å². The van der Waals surface area contributed by atoms with Gasteiger partial charge in [0.1, 0.15) is 0 Å². The summed E-state index contributed by atoms with van der Waals surface area (Å²) in [6.45, 7) is 3.14. The molecule has 1 saturated heterocycles. The maximum absolute atomic E-state index is 12.7. The van der Waals surface area contributed by atoms with E-state index in [0.29, 0.717) is 31.5 Å². The average molecular weight is 276 g/mol. The molecule has 0 aromatic rings. The summed E-state index contributed by atoms with van der Waals surface area (Å²) in [5.74, 6) is -1.49. The van der Waals surface area contributed by atoms with Crippen LogP contribution >= 0.6 is 0 Å². The molecule has 2 atom stereocenters. The van der Waals surface area contributed by atoms with Gasteiger partial charge in [-0.1, -0.05) is 6.42 Å². The summed E-state index contributed by atoms with van der Waals surface area (Å²) < 4.78 is 38.0. The van der Waals surface area contributed by atoms with E-state index in [-0.39, 0.29) is 24.8 Å². The summed E-state index contributed by atoms with van der Waals surface area (Å²) in [6, 6.07) is -0.350. The van der Waals surface area contributed by atoms with Crippen LogP contribution in [-0.2, 0) is 4.79 Å². The molecule has 0 aromatic heterocycles. The number of amides is 1. The number of hydrogen-bond donors (Lipinski definition) is 2. The van der Waals surface area contributed by atoms with E-state index in [1.165, 1.54) is 0 Å². The van der Waals surface area contributed by atoms with Gasteiger partial charge in [-0.3, -0.25) is 4.79 Å². The summed E-state index contributed by atoms with van der Waals surface area (Å²) in [6.07, 6.45) is -2.80.